The van der Waals surface area contributed by atoms with Crippen LogP contribution in [0.25, 0.3) is 10.9 Å². The van der Waals surface area contributed by atoms with Crippen LogP contribution in [0.4, 0.5) is 0 Å². The third-order valence-electron chi connectivity index (χ3n) is 3.06. The number of carbonyl (C=O) groups excluding carboxylic acids is 1. The van der Waals surface area contributed by atoms with Crippen LogP contribution in [-0.2, 0) is 11.3 Å². The largest absolute Gasteiger partial charge is 0.360 e. The molecule has 7 nitrogen and oxygen atoms in total. The molecule has 0 aliphatic heterocycles. The number of rotatable bonds is 5. The van der Waals surface area contributed by atoms with Crippen molar-refractivity contribution in [3.8, 4) is 0 Å². The minimum Gasteiger partial charge on any atom is -0.360 e. The summed E-state index contributed by atoms with van der Waals surface area (Å²) in [7, 11) is 0. The van der Waals surface area contributed by atoms with Crippen molar-refractivity contribution < 1.29 is 9.32 Å². The Morgan fingerprint density at radius 2 is 2.15 bits per heavy atom. The predicted octanol–water partition coefficient (Wildman–Crippen LogP) is 0.918. The van der Waals surface area contributed by atoms with Crippen molar-refractivity contribution in [3.63, 3.8) is 0 Å². The zero-order valence-corrected chi connectivity index (χ0v) is 11.9. The maximum absolute atomic E-state index is 12.2. The van der Waals surface area contributed by atoms with Gasteiger partial charge in [-0.3, -0.25) is 9.59 Å². The highest BCUT2D eigenvalue weighted by molar-refractivity contribution is 5.81. The number of hydrogen-bond acceptors (Lipinski definition) is 5. The molecule has 0 bridgehead atoms. The summed E-state index contributed by atoms with van der Waals surface area (Å²) in [6, 6.07) is 0. The van der Waals surface area contributed by atoms with Gasteiger partial charge in [0.05, 0.1) is 17.6 Å². The van der Waals surface area contributed by atoms with Gasteiger partial charge in [-0.15, -0.1) is 0 Å². The van der Waals surface area contributed by atoms with Gasteiger partial charge in [0.15, 0.2) is 5.52 Å². The van der Waals surface area contributed by atoms with E-state index in [1.54, 1.807) is 13.8 Å². The van der Waals surface area contributed by atoms with Crippen LogP contribution in [0.3, 0.4) is 0 Å². The molecule has 0 saturated heterocycles. The highest BCUT2D eigenvalue weighted by Crippen LogP contribution is 2.16. The van der Waals surface area contributed by atoms with Crippen molar-refractivity contribution in [1.82, 2.24) is 20.3 Å². The number of aryl methyl sites for hydroxylation is 3. The maximum Gasteiger partial charge on any atom is 0.296 e. The van der Waals surface area contributed by atoms with Crippen LogP contribution in [0.15, 0.2) is 9.32 Å². The average Bonchev–Trinajstić information content (AvgIpc) is 2.81. The molecule has 2 rings (SSSR count). The van der Waals surface area contributed by atoms with Gasteiger partial charge < -0.3 is 9.84 Å². The average molecular weight is 278 g/mol. The molecule has 0 fully saturated rings. The molecule has 0 aromatic carbocycles. The first kappa shape index (κ1) is 14.2. The van der Waals surface area contributed by atoms with Gasteiger partial charge in [0, 0.05) is 13.0 Å². The Kier molecular flexibility index (Phi) is 4.16. The predicted molar refractivity (Wildman–Crippen MR) is 73.5 cm³/mol. The molecule has 7 heteroatoms. The number of hydrogen-bond donors (Lipinski definition) is 1. The van der Waals surface area contributed by atoms with Crippen molar-refractivity contribution >= 4 is 16.8 Å². The van der Waals surface area contributed by atoms with Gasteiger partial charge in [0.1, 0.15) is 5.76 Å². The molecule has 0 saturated carbocycles. The summed E-state index contributed by atoms with van der Waals surface area (Å²) in [4.78, 5) is 23.7. The van der Waals surface area contributed by atoms with Crippen LogP contribution in [0, 0.1) is 13.8 Å². The van der Waals surface area contributed by atoms with E-state index >= 15 is 0 Å². The highest BCUT2D eigenvalue weighted by Gasteiger charge is 2.15. The first-order valence-electron chi connectivity index (χ1n) is 6.65. The van der Waals surface area contributed by atoms with E-state index in [1.807, 2.05) is 6.92 Å². The molecular weight excluding hydrogens is 260 g/mol. The molecule has 108 valence electrons. The van der Waals surface area contributed by atoms with E-state index in [1.165, 1.54) is 4.68 Å². The minimum atomic E-state index is -0.328. The quantitative estimate of drug-likeness (QED) is 0.878. The van der Waals surface area contributed by atoms with Crippen molar-refractivity contribution in [2.45, 2.75) is 40.2 Å². The molecule has 0 atom stereocenters. The molecule has 0 aliphatic carbocycles. The van der Waals surface area contributed by atoms with Crippen molar-refractivity contribution in [1.29, 1.82) is 0 Å². The third kappa shape index (κ3) is 2.71. The monoisotopic (exact) mass is 278 g/mol. The van der Waals surface area contributed by atoms with Crippen LogP contribution >= 0.6 is 0 Å². The Balaban J connectivity index is 2.21. The summed E-state index contributed by atoms with van der Waals surface area (Å²) >= 11 is 0. The summed E-state index contributed by atoms with van der Waals surface area (Å²) in [5.74, 6) is 0.490. The molecule has 0 unspecified atom stereocenters. The maximum atomic E-state index is 12.2. The van der Waals surface area contributed by atoms with Crippen LogP contribution in [-0.4, -0.2) is 27.4 Å². The fourth-order valence-electron chi connectivity index (χ4n) is 2.05. The van der Waals surface area contributed by atoms with E-state index in [9.17, 15) is 9.59 Å². The Bertz CT molecular complexity index is 687. The number of aromatic nitrogens is 3. The highest BCUT2D eigenvalue weighted by atomic mass is 16.5. The van der Waals surface area contributed by atoms with Crippen molar-refractivity contribution in [3.05, 3.63) is 21.8 Å². The second-order valence-electron chi connectivity index (χ2n) is 4.68. The van der Waals surface area contributed by atoms with Crippen LogP contribution in [0.5, 0.6) is 0 Å². The zero-order chi connectivity index (χ0) is 14.7. The second kappa shape index (κ2) is 5.85. The minimum absolute atomic E-state index is 0.0883. The van der Waals surface area contributed by atoms with Gasteiger partial charge in [0.25, 0.3) is 5.56 Å². The van der Waals surface area contributed by atoms with Crippen molar-refractivity contribution in [2.24, 2.45) is 0 Å². The Labute approximate surface area is 115 Å². The number of fused-ring (bicyclic) bond motifs is 1. The molecule has 1 N–H and O–H groups in total. The van der Waals surface area contributed by atoms with Gasteiger partial charge in [-0.2, -0.15) is 5.10 Å². The first-order valence-corrected chi connectivity index (χ1v) is 6.65. The third-order valence-corrected chi connectivity index (χ3v) is 3.06. The fourth-order valence-corrected chi connectivity index (χ4v) is 2.05. The number of nitrogens with one attached hydrogen (secondary N) is 1. The smallest absolute Gasteiger partial charge is 0.296 e. The van der Waals surface area contributed by atoms with E-state index < -0.39 is 0 Å². The summed E-state index contributed by atoms with van der Waals surface area (Å²) in [5, 5.41) is 11.4. The number of nitrogens with zero attached hydrogens (tertiary/aromatic N) is 3. The van der Waals surface area contributed by atoms with Gasteiger partial charge >= 0.3 is 0 Å². The summed E-state index contributed by atoms with van der Waals surface area (Å²) in [5.41, 5.74) is 0.613. The molecular formula is C13H18N4O3. The zero-order valence-electron chi connectivity index (χ0n) is 11.9. The lowest BCUT2D eigenvalue weighted by molar-refractivity contribution is -0.121. The Morgan fingerprint density at radius 3 is 2.85 bits per heavy atom. The Hall–Kier alpha value is -2.18. The lowest BCUT2D eigenvalue weighted by atomic mass is 10.2. The summed E-state index contributed by atoms with van der Waals surface area (Å²) in [6.07, 6.45) is 1.10. The van der Waals surface area contributed by atoms with E-state index in [2.05, 4.69) is 15.6 Å². The molecule has 2 aromatic heterocycles. The number of amides is 1. The van der Waals surface area contributed by atoms with Crippen LogP contribution in [0.2, 0.25) is 0 Å². The van der Waals surface area contributed by atoms with E-state index in [4.69, 9.17) is 4.52 Å². The van der Waals surface area contributed by atoms with Gasteiger partial charge in [0.2, 0.25) is 5.91 Å². The summed E-state index contributed by atoms with van der Waals surface area (Å²) in [6.45, 7) is 6.39. The SMILES string of the molecule is CCCNC(=O)CCn1nc(C)c2c(C)onc2c1=O. The van der Waals surface area contributed by atoms with Crippen LogP contribution < -0.4 is 10.9 Å². The molecule has 2 aromatic rings. The van der Waals surface area contributed by atoms with Crippen molar-refractivity contribution in [2.75, 3.05) is 6.54 Å². The lowest BCUT2D eigenvalue weighted by Crippen LogP contribution is -2.29. The first-order chi connectivity index (χ1) is 9.54. The van der Waals surface area contributed by atoms with Gasteiger partial charge in [-0.25, -0.2) is 4.68 Å². The van der Waals surface area contributed by atoms with E-state index in [0.717, 1.165) is 6.42 Å². The van der Waals surface area contributed by atoms with Gasteiger partial charge in [-0.1, -0.05) is 12.1 Å². The fraction of sp³-hybridized carbons (Fsp3) is 0.538. The number of carbonyl (C=O) groups is 1. The standard InChI is InChI=1S/C13H18N4O3/c1-4-6-14-10(18)5-7-17-13(19)12-11(8(2)15-17)9(3)20-16-12/h4-7H2,1-3H3,(H,14,18). The molecule has 1 amide bonds. The van der Waals surface area contributed by atoms with E-state index in [0.29, 0.717) is 23.4 Å². The van der Waals surface area contributed by atoms with Gasteiger partial charge in [-0.05, 0) is 20.3 Å². The van der Waals surface area contributed by atoms with Crippen LogP contribution in [0.1, 0.15) is 31.2 Å². The topological polar surface area (TPSA) is 90.0 Å². The lowest BCUT2D eigenvalue weighted by Gasteiger charge is -2.06. The second-order valence-corrected chi connectivity index (χ2v) is 4.68. The summed E-state index contributed by atoms with van der Waals surface area (Å²) < 4.78 is 6.30. The molecule has 0 aliphatic rings. The molecule has 2 heterocycles. The molecule has 0 radical (unpaired) electrons. The Morgan fingerprint density at radius 1 is 1.40 bits per heavy atom. The molecule has 20 heavy (non-hydrogen) atoms. The van der Waals surface area contributed by atoms with E-state index in [-0.39, 0.29) is 29.9 Å². The molecule has 0 spiro atoms. The normalized spacial score (nSPS) is 10.9.